The molecule has 10 heteroatoms. The molecule has 0 atom stereocenters. The van der Waals surface area contributed by atoms with Crippen LogP contribution in [0.25, 0.3) is 11.4 Å². The molecule has 3 aromatic rings. The molecule has 0 bridgehead atoms. The summed E-state index contributed by atoms with van der Waals surface area (Å²) in [4.78, 5) is 8.76. The number of hydrogen-bond donors (Lipinski definition) is 0. The van der Waals surface area contributed by atoms with Crippen LogP contribution in [0.4, 0.5) is 4.39 Å². The highest BCUT2D eigenvalue weighted by Gasteiger charge is 2.26. The summed E-state index contributed by atoms with van der Waals surface area (Å²) in [5.74, 6) is 0.849. The molecule has 0 radical (unpaired) electrons. The van der Waals surface area contributed by atoms with Crippen LogP contribution in [0.1, 0.15) is 25.2 Å². The highest BCUT2D eigenvalue weighted by molar-refractivity contribution is 7.98. The third-order valence-corrected chi connectivity index (χ3v) is 7.39. The Bertz CT molecular complexity index is 1060. The van der Waals surface area contributed by atoms with E-state index in [0.717, 1.165) is 19.3 Å². The van der Waals surface area contributed by atoms with E-state index in [1.165, 1.54) is 34.4 Å². The number of thioether (sulfide) groups is 1. The molecule has 1 aromatic carbocycles. The van der Waals surface area contributed by atoms with Crippen LogP contribution in [-0.2, 0) is 15.8 Å². The standard InChI is InChI=1S/C19H19FN4O3S2/c20-15-6-4-14(5-7-15)19-22-17(27-23-19)13-28-18-9-8-16(12-21-18)29(25,26)24-10-2-1-3-11-24/h4-9,12H,1-3,10-11,13H2. The summed E-state index contributed by atoms with van der Waals surface area (Å²) >= 11 is 1.36. The predicted octanol–water partition coefficient (Wildman–Crippen LogP) is 3.74. The van der Waals surface area contributed by atoms with E-state index < -0.39 is 10.0 Å². The molecule has 0 amide bonds. The second-order valence-corrected chi connectivity index (χ2v) is 9.54. The summed E-state index contributed by atoms with van der Waals surface area (Å²) in [7, 11) is -3.48. The van der Waals surface area contributed by atoms with Gasteiger partial charge in [-0.25, -0.2) is 17.8 Å². The van der Waals surface area contributed by atoms with Crippen molar-refractivity contribution in [1.82, 2.24) is 19.4 Å². The van der Waals surface area contributed by atoms with Crippen molar-refractivity contribution in [3.8, 4) is 11.4 Å². The Hall–Kier alpha value is -2.30. The van der Waals surface area contributed by atoms with Gasteiger partial charge in [0, 0.05) is 24.8 Å². The molecular formula is C19H19FN4O3S2. The number of halogens is 1. The number of benzene rings is 1. The van der Waals surface area contributed by atoms with Crippen LogP contribution in [0.15, 0.2) is 57.0 Å². The maximum absolute atomic E-state index is 13.0. The SMILES string of the molecule is O=S(=O)(c1ccc(SCc2nc(-c3ccc(F)cc3)no2)nc1)N1CCCCC1. The van der Waals surface area contributed by atoms with Gasteiger partial charge < -0.3 is 4.52 Å². The fourth-order valence-electron chi connectivity index (χ4n) is 3.02. The normalized spacial score (nSPS) is 15.5. The number of rotatable bonds is 6. The van der Waals surface area contributed by atoms with Gasteiger partial charge in [-0.05, 0) is 49.2 Å². The Labute approximate surface area is 172 Å². The van der Waals surface area contributed by atoms with Gasteiger partial charge in [-0.15, -0.1) is 0 Å². The van der Waals surface area contributed by atoms with Gasteiger partial charge in [0.1, 0.15) is 10.7 Å². The molecule has 0 saturated carbocycles. The first-order chi connectivity index (χ1) is 14.0. The molecule has 0 N–H and O–H groups in total. The Morgan fingerprint density at radius 2 is 1.83 bits per heavy atom. The summed E-state index contributed by atoms with van der Waals surface area (Å²) in [6, 6.07) is 9.10. The lowest BCUT2D eigenvalue weighted by molar-refractivity contribution is 0.346. The molecule has 1 aliphatic rings. The highest BCUT2D eigenvalue weighted by atomic mass is 32.2. The summed E-state index contributed by atoms with van der Waals surface area (Å²) < 4.78 is 45.1. The van der Waals surface area contributed by atoms with Crippen LogP contribution in [0.3, 0.4) is 0 Å². The van der Waals surface area contributed by atoms with Gasteiger partial charge in [-0.3, -0.25) is 0 Å². The molecule has 3 heterocycles. The van der Waals surface area contributed by atoms with Crippen molar-refractivity contribution >= 4 is 21.8 Å². The van der Waals surface area contributed by atoms with Crippen molar-refractivity contribution < 1.29 is 17.3 Å². The smallest absolute Gasteiger partial charge is 0.244 e. The fraction of sp³-hybridized carbons (Fsp3) is 0.316. The molecule has 0 unspecified atom stereocenters. The monoisotopic (exact) mass is 434 g/mol. The van der Waals surface area contributed by atoms with Crippen molar-refractivity contribution in [2.75, 3.05) is 13.1 Å². The summed E-state index contributed by atoms with van der Waals surface area (Å²) in [6.07, 6.45) is 4.25. The lowest BCUT2D eigenvalue weighted by Crippen LogP contribution is -2.35. The lowest BCUT2D eigenvalue weighted by Gasteiger charge is -2.25. The Morgan fingerprint density at radius 1 is 1.07 bits per heavy atom. The summed E-state index contributed by atoms with van der Waals surface area (Å²) in [6.45, 7) is 1.12. The quantitative estimate of drug-likeness (QED) is 0.546. The molecule has 152 valence electrons. The Morgan fingerprint density at radius 3 is 2.52 bits per heavy atom. The van der Waals surface area contributed by atoms with Crippen LogP contribution in [0.5, 0.6) is 0 Å². The average molecular weight is 435 g/mol. The largest absolute Gasteiger partial charge is 0.338 e. The highest BCUT2D eigenvalue weighted by Crippen LogP contribution is 2.25. The van der Waals surface area contributed by atoms with E-state index in [9.17, 15) is 12.8 Å². The number of piperidine rings is 1. The zero-order valence-corrected chi connectivity index (χ0v) is 17.1. The molecule has 0 aliphatic carbocycles. The minimum atomic E-state index is -3.48. The number of aromatic nitrogens is 3. The van der Waals surface area contributed by atoms with Crippen LogP contribution in [0.2, 0.25) is 0 Å². The summed E-state index contributed by atoms with van der Waals surface area (Å²) in [5, 5.41) is 4.56. The second-order valence-electron chi connectivity index (χ2n) is 6.60. The van der Waals surface area contributed by atoms with Crippen molar-refractivity contribution in [2.24, 2.45) is 0 Å². The second kappa shape index (κ2) is 8.60. The van der Waals surface area contributed by atoms with Crippen molar-refractivity contribution in [3.05, 3.63) is 54.3 Å². The lowest BCUT2D eigenvalue weighted by atomic mass is 10.2. The van der Waals surface area contributed by atoms with E-state index in [2.05, 4.69) is 15.1 Å². The molecule has 2 aromatic heterocycles. The van der Waals surface area contributed by atoms with Gasteiger partial charge in [-0.1, -0.05) is 23.3 Å². The zero-order valence-electron chi connectivity index (χ0n) is 15.5. The van der Waals surface area contributed by atoms with E-state index in [1.807, 2.05) is 0 Å². The number of nitrogens with zero attached hydrogens (tertiary/aromatic N) is 4. The molecule has 0 spiro atoms. The van der Waals surface area contributed by atoms with Crippen molar-refractivity contribution in [1.29, 1.82) is 0 Å². The average Bonchev–Trinajstić information content (AvgIpc) is 3.23. The Kier molecular flexibility index (Phi) is 5.93. The van der Waals surface area contributed by atoms with Crippen molar-refractivity contribution in [2.45, 2.75) is 34.9 Å². The van der Waals surface area contributed by atoms with E-state index in [0.29, 0.717) is 41.1 Å². The van der Waals surface area contributed by atoms with E-state index in [1.54, 1.807) is 24.3 Å². The van der Waals surface area contributed by atoms with Gasteiger partial charge in [0.05, 0.1) is 10.8 Å². The zero-order chi connectivity index (χ0) is 20.3. The number of sulfonamides is 1. The maximum Gasteiger partial charge on any atom is 0.244 e. The Balaban J connectivity index is 1.39. The third-order valence-electron chi connectivity index (χ3n) is 4.58. The van der Waals surface area contributed by atoms with E-state index >= 15 is 0 Å². The molecule has 7 nitrogen and oxygen atoms in total. The molecule has 1 aliphatic heterocycles. The van der Waals surface area contributed by atoms with Gasteiger partial charge in [0.2, 0.25) is 21.7 Å². The molecule has 29 heavy (non-hydrogen) atoms. The summed E-state index contributed by atoms with van der Waals surface area (Å²) in [5.41, 5.74) is 0.664. The van der Waals surface area contributed by atoms with Crippen LogP contribution < -0.4 is 0 Å². The van der Waals surface area contributed by atoms with Crippen LogP contribution >= 0.6 is 11.8 Å². The first-order valence-electron chi connectivity index (χ1n) is 9.20. The maximum atomic E-state index is 13.0. The minimum absolute atomic E-state index is 0.208. The number of hydrogen-bond acceptors (Lipinski definition) is 7. The fourth-order valence-corrected chi connectivity index (χ4v) is 5.17. The van der Waals surface area contributed by atoms with Crippen LogP contribution in [0, 0.1) is 5.82 Å². The first-order valence-corrected chi connectivity index (χ1v) is 11.6. The van der Waals surface area contributed by atoms with E-state index in [-0.39, 0.29) is 10.7 Å². The molecule has 1 saturated heterocycles. The van der Waals surface area contributed by atoms with Gasteiger partial charge in [0.25, 0.3) is 0 Å². The molecule has 4 rings (SSSR count). The first kappa shape index (κ1) is 20.0. The molecule has 1 fully saturated rings. The van der Waals surface area contributed by atoms with Crippen molar-refractivity contribution in [3.63, 3.8) is 0 Å². The van der Waals surface area contributed by atoms with Crippen LogP contribution in [-0.4, -0.2) is 40.9 Å². The van der Waals surface area contributed by atoms with Gasteiger partial charge in [0.15, 0.2) is 0 Å². The van der Waals surface area contributed by atoms with Gasteiger partial charge in [-0.2, -0.15) is 9.29 Å². The van der Waals surface area contributed by atoms with E-state index in [4.69, 9.17) is 4.52 Å². The van der Waals surface area contributed by atoms with Gasteiger partial charge >= 0.3 is 0 Å². The number of pyridine rings is 1. The third kappa shape index (κ3) is 4.65. The predicted molar refractivity (Wildman–Crippen MR) is 106 cm³/mol. The topological polar surface area (TPSA) is 89.2 Å². The molecular weight excluding hydrogens is 415 g/mol. The minimum Gasteiger partial charge on any atom is -0.338 e.